The summed E-state index contributed by atoms with van der Waals surface area (Å²) in [7, 11) is 2.12. The molecule has 5 heteroatoms. The quantitative estimate of drug-likeness (QED) is 0.777. The summed E-state index contributed by atoms with van der Waals surface area (Å²) in [5, 5.41) is 0. The fourth-order valence-electron chi connectivity index (χ4n) is 2.63. The molecule has 1 aliphatic heterocycles. The largest absolute Gasteiger partial charge is 0.322 e. The van der Waals surface area contributed by atoms with E-state index in [1.54, 1.807) is 0 Å². The van der Waals surface area contributed by atoms with Crippen LogP contribution in [0.25, 0.3) is 0 Å². The Bertz CT molecular complexity index is 361. The fraction of sp³-hybridized carbons (Fsp3) is 0.889. The first-order chi connectivity index (χ1) is 10.6. The van der Waals surface area contributed by atoms with E-state index in [-0.39, 0.29) is 35.5 Å². The minimum Gasteiger partial charge on any atom is -0.322 e. The van der Waals surface area contributed by atoms with Crippen LogP contribution < -0.4 is 11.5 Å². The number of nitrogens with zero attached hydrogens (tertiary/aromatic N) is 1. The lowest BCUT2D eigenvalue weighted by atomic mass is 9.85. The summed E-state index contributed by atoms with van der Waals surface area (Å²) in [6.45, 7) is 11.7. The van der Waals surface area contributed by atoms with Gasteiger partial charge in [0.05, 0.1) is 12.1 Å². The molecule has 0 radical (unpaired) electrons. The number of hydrogen-bond acceptors (Lipinski definition) is 5. The summed E-state index contributed by atoms with van der Waals surface area (Å²) in [4.78, 5) is 24.9. The molecule has 0 saturated carbocycles. The van der Waals surface area contributed by atoms with Gasteiger partial charge >= 0.3 is 0 Å². The monoisotopic (exact) mass is 327 g/mol. The normalized spacial score (nSPS) is 19.2. The Kier molecular flexibility index (Phi) is 10.5. The van der Waals surface area contributed by atoms with Gasteiger partial charge in [0.25, 0.3) is 0 Å². The topological polar surface area (TPSA) is 89.4 Å². The minimum absolute atomic E-state index is 0.0738. The average molecular weight is 328 g/mol. The number of carbonyl (C=O) groups is 2. The molecule has 5 nitrogen and oxygen atoms in total. The van der Waals surface area contributed by atoms with Gasteiger partial charge in [0, 0.05) is 11.8 Å². The SMILES string of the molecule is CC(C)C(=O)C(N)C1CCN(C)CC1.CCC(N)C(=O)C(C)C. The van der Waals surface area contributed by atoms with Crippen molar-refractivity contribution in [3.8, 4) is 0 Å². The molecule has 0 amide bonds. The zero-order valence-electron chi connectivity index (χ0n) is 15.8. The maximum absolute atomic E-state index is 11.7. The van der Waals surface area contributed by atoms with Crippen LogP contribution in [0.4, 0.5) is 0 Å². The lowest BCUT2D eigenvalue weighted by Gasteiger charge is -2.32. The maximum atomic E-state index is 11.7. The van der Waals surface area contributed by atoms with Crippen LogP contribution in [0.3, 0.4) is 0 Å². The number of likely N-dealkylation sites (tertiary alicyclic amines) is 1. The molecule has 1 aliphatic rings. The van der Waals surface area contributed by atoms with Crippen LogP contribution in [0, 0.1) is 17.8 Å². The van der Waals surface area contributed by atoms with Gasteiger partial charge in [-0.3, -0.25) is 9.59 Å². The smallest absolute Gasteiger partial charge is 0.152 e. The van der Waals surface area contributed by atoms with Crippen molar-refractivity contribution >= 4 is 11.6 Å². The van der Waals surface area contributed by atoms with Gasteiger partial charge < -0.3 is 16.4 Å². The molecule has 1 rings (SSSR count). The van der Waals surface area contributed by atoms with E-state index in [0.29, 0.717) is 5.92 Å². The van der Waals surface area contributed by atoms with Crippen LogP contribution >= 0.6 is 0 Å². The molecule has 0 spiro atoms. The van der Waals surface area contributed by atoms with Gasteiger partial charge in [-0.15, -0.1) is 0 Å². The Labute approximate surface area is 142 Å². The van der Waals surface area contributed by atoms with E-state index < -0.39 is 0 Å². The highest BCUT2D eigenvalue weighted by molar-refractivity contribution is 5.86. The van der Waals surface area contributed by atoms with Crippen molar-refractivity contribution in [1.29, 1.82) is 0 Å². The zero-order chi connectivity index (χ0) is 18.2. The average Bonchev–Trinajstić information content (AvgIpc) is 2.53. The molecule has 136 valence electrons. The minimum atomic E-state index is -0.245. The van der Waals surface area contributed by atoms with Gasteiger partial charge in [0.15, 0.2) is 11.6 Å². The Morgan fingerprint density at radius 2 is 1.43 bits per heavy atom. The van der Waals surface area contributed by atoms with Gasteiger partial charge in [-0.2, -0.15) is 0 Å². The number of nitrogens with two attached hydrogens (primary N) is 2. The van der Waals surface area contributed by atoms with Gasteiger partial charge in [-0.1, -0.05) is 34.6 Å². The first kappa shape index (κ1) is 22.2. The van der Waals surface area contributed by atoms with Crippen LogP contribution in [-0.4, -0.2) is 48.7 Å². The fourth-order valence-corrected chi connectivity index (χ4v) is 2.63. The molecule has 2 unspecified atom stereocenters. The second-order valence-electron chi connectivity index (χ2n) is 7.30. The van der Waals surface area contributed by atoms with Crippen LogP contribution in [-0.2, 0) is 9.59 Å². The molecule has 1 saturated heterocycles. The van der Waals surface area contributed by atoms with Crippen molar-refractivity contribution in [3.05, 3.63) is 0 Å². The van der Waals surface area contributed by atoms with Crippen LogP contribution in [0.5, 0.6) is 0 Å². The van der Waals surface area contributed by atoms with Crippen molar-refractivity contribution in [2.45, 2.75) is 66.0 Å². The third-order valence-electron chi connectivity index (χ3n) is 4.54. The first-order valence-electron chi connectivity index (χ1n) is 8.88. The summed E-state index contributed by atoms with van der Waals surface area (Å²) in [5.74, 6) is 0.947. The third kappa shape index (κ3) is 8.04. The molecule has 2 atom stereocenters. The molecule has 1 fully saturated rings. The lowest BCUT2D eigenvalue weighted by molar-refractivity contribution is -0.125. The highest BCUT2D eigenvalue weighted by atomic mass is 16.1. The predicted octanol–water partition coefficient (Wildman–Crippen LogP) is 1.83. The van der Waals surface area contributed by atoms with E-state index in [1.807, 2.05) is 34.6 Å². The summed E-state index contributed by atoms with van der Waals surface area (Å²) in [6.07, 6.45) is 2.88. The number of rotatable bonds is 6. The summed E-state index contributed by atoms with van der Waals surface area (Å²) >= 11 is 0. The second-order valence-corrected chi connectivity index (χ2v) is 7.30. The van der Waals surface area contributed by atoms with E-state index in [9.17, 15) is 9.59 Å². The Morgan fingerprint density at radius 1 is 1.00 bits per heavy atom. The van der Waals surface area contributed by atoms with Crippen molar-refractivity contribution < 1.29 is 9.59 Å². The molecule has 0 aromatic rings. The zero-order valence-corrected chi connectivity index (χ0v) is 15.8. The molecule has 1 heterocycles. The van der Waals surface area contributed by atoms with Gasteiger partial charge in [-0.25, -0.2) is 0 Å². The maximum Gasteiger partial charge on any atom is 0.152 e. The molecular formula is C18H37N3O2. The summed E-state index contributed by atoms with van der Waals surface area (Å²) in [5.41, 5.74) is 11.4. The van der Waals surface area contributed by atoms with Crippen molar-refractivity contribution in [3.63, 3.8) is 0 Å². The highest BCUT2D eigenvalue weighted by Gasteiger charge is 2.28. The molecule has 0 bridgehead atoms. The Balaban J connectivity index is 0.000000468. The first-order valence-corrected chi connectivity index (χ1v) is 8.88. The van der Waals surface area contributed by atoms with E-state index in [2.05, 4.69) is 11.9 Å². The summed E-state index contributed by atoms with van der Waals surface area (Å²) in [6, 6.07) is -0.478. The van der Waals surface area contributed by atoms with Gasteiger partial charge in [-0.05, 0) is 45.3 Å². The number of carbonyl (C=O) groups excluding carboxylic acids is 2. The van der Waals surface area contributed by atoms with E-state index in [0.717, 1.165) is 32.4 Å². The molecule has 23 heavy (non-hydrogen) atoms. The second kappa shape index (κ2) is 10.9. The van der Waals surface area contributed by atoms with Crippen LogP contribution in [0.2, 0.25) is 0 Å². The Morgan fingerprint density at radius 3 is 1.74 bits per heavy atom. The van der Waals surface area contributed by atoms with Gasteiger partial charge in [0.1, 0.15) is 0 Å². The predicted molar refractivity (Wildman–Crippen MR) is 96.2 cm³/mol. The molecular weight excluding hydrogens is 290 g/mol. The molecule has 0 aromatic carbocycles. The third-order valence-corrected chi connectivity index (χ3v) is 4.54. The van der Waals surface area contributed by atoms with Gasteiger partial charge in [0.2, 0.25) is 0 Å². The van der Waals surface area contributed by atoms with Crippen LogP contribution in [0.1, 0.15) is 53.9 Å². The van der Waals surface area contributed by atoms with Crippen molar-refractivity contribution in [2.75, 3.05) is 20.1 Å². The molecule has 0 aliphatic carbocycles. The lowest BCUT2D eigenvalue weighted by Crippen LogP contribution is -2.45. The number of ketones is 2. The van der Waals surface area contributed by atoms with Crippen LogP contribution in [0.15, 0.2) is 0 Å². The molecule has 4 N–H and O–H groups in total. The van der Waals surface area contributed by atoms with Crippen molar-refractivity contribution in [1.82, 2.24) is 4.90 Å². The Hall–Kier alpha value is -0.780. The summed E-state index contributed by atoms with van der Waals surface area (Å²) < 4.78 is 0. The number of Topliss-reactive ketones (excluding diaryl/α,β-unsaturated/α-hetero) is 2. The van der Waals surface area contributed by atoms with E-state index >= 15 is 0 Å². The van der Waals surface area contributed by atoms with E-state index in [1.165, 1.54) is 0 Å². The van der Waals surface area contributed by atoms with Crippen molar-refractivity contribution in [2.24, 2.45) is 29.2 Å². The number of hydrogen-bond donors (Lipinski definition) is 2. The molecule has 0 aromatic heterocycles. The number of piperidine rings is 1. The van der Waals surface area contributed by atoms with E-state index in [4.69, 9.17) is 11.5 Å². The highest BCUT2D eigenvalue weighted by Crippen LogP contribution is 2.20. The standard InChI is InChI=1S/C11H22N2O.C7H15NO/c1-8(2)11(14)10(12)9-4-6-13(3)7-5-9;1-4-6(8)7(9)5(2)3/h8-10H,4-7,12H2,1-3H3;5-6H,4,8H2,1-3H3.